The maximum atomic E-state index is 6.08. The van der Waals surface area contributed by atoms with Crippen LogP contribution in [-0.2, 0) is 0 Å². The Morgan fingerprint density at radius 3 is 2.63 bits per heavy atom. The molecule has 1 aliphatic rings. The fraction of sp³-hybridized carbons (Fsp3) is 0.250. The zero-order valence-corrected chi connectivity index (χ0v) is 11.2. The van der Waals surface area contributed by atoms with E-state index in [0.717, 1.165) is 29.3 Å². The number of methoxy groups -OCH3 is 1. The van der Waals surface area contributed by atoms with Crippen LogP contribution < -0.4 is 14.4 Å². The Kier molecular flexibility index (Phi) is 3.03. The van der Waals surface area contributed by atoms with Gasteiger partial charge in [-0.15, -0.1) is 0 Å². The van der Waals surface area contributed by atoms with Gasteiger partial charge in [0.1, 0.15) is 11.5 Å². The Labute approximate surface area is 113 Å². The van der Waals surface area contributed by atoms with E-state index in [1.165, 1.54) is 0 Å². The third-order valence-electron chi connectivity index (χ3n) is 3.44. The molecule has 1 unspecified atom stereocenters. The lowest BCUT2D eigenvalue weighted by Gasteiger charge is -2.25. The van der Waals surface area contributed by atoms with Gasteiger partial charge in [-0.2, -0.15) is 0 Å². The molecule has 0 aliphatic carbocycles. The number of rotatable bonds is 3. The normalized spacial score (nSPS) is 16.9. The first-order chi connectivity index (χ1) is 9.35. The molecule has 0 spiro atoms. The van der Waals surface area contributed by atoms with Crippen LogP contribution in [0.5, 0.6) is 11.5 Å². The average molecular weight is 255 g/mol. The van der Waals surface area contributed by atoms with Crippen LogP contribution in [0.3, 0.4) is 0 Å². The van der Waals surface area contributed by atoms with Gasteiger partial charge in [-0.05, 0) is 31.2 Å². The van der Waals surface area contributed by atoms with Gasteiger partial charge in [-0.3, -0.25) is 0 Å². The fourth-order valence-electron chi connectivity index (χ4n) is 2.54. The molecule has 2 aromatic carbocycles. The molecule has 0 saturated heterocycles. The summed E-state index contributed by atoms with van der Waals surface area (Å²) in [6.07, 6.45) is -0.112. The molecule has 1 heterocycles. The molecular weight excluding hydrogens is 238 g/mol. The number of para-hydroxylation sites is 3. The summed E-state index contributed by atoms with van der Waals surface area (Å²) in [6, 6.07) is 16.1. The summed E-state index contributed by atoms with van der Waals surface area (Å²) in [4.78, 5) is 2.24. The first kappa shape index (κ1) is 11.9. The molecule has 0 saturated carbocycles. The lowest BCUT2D eigenvalue weighted by molar-refractivity contribution is 0.224. The molecule has 0 N–H and O–H groups in total. The molecule has 3 nitrogen and oxygen atoms in total. The van der Waals surface area contributed by atoms with Crippen LogP contribution in [-0.4, -0.2) is 13.7 Å². The molecule has 0 fully saturated rings. The van der Waals surface area contributed by atoms with Crippen LogP contribution >= 0.6 is 0 Å². The van der Waals surface area contributed by atoms with E-state index in [-0.39, 0.29) is 6.23 Å². The molecule has 0 bridgehead atoms. The average Bonchev–Trinajstić information content (AvgIpc) is 2.85. The van der Waals surface area contributed by atoms with E-state index in [0.29, 0.717) is 0 Å². The fourth-order valence-corrected chi connectivity index (χ4v) is 2.54. The molecular formula is C16H17NO2. The Balaban J connectivity index is 2.03. The van der Waals surface area contributed by atoms with Gasteiger partial charge < -0.3 is 14.4 Å². The SMILES string of the molecule is CCN1c2ccccc2OC1c1ccccc1OC. The van der Waals surface area contributed by atoms with Crippen molar-refractivity contribution in [2.75, 3.05) is 18.6 Å². The van der Waals surface area contributed by atoms with Gasteiger partial charge in [0.05, 0.1) is 18.4 Å². The van der Waals surface area contributed by atoms with E-state index in [9.17, 15) is 0 Å². The van der Waals surface area contributed by atoms with Gasteiger partial charge in [0.15, 0.2) is 0 Å². The lowest BCUT2D eigenvalue weighted by atomic mass is 10.1. The molecule has 1 aliphatic heterocycles. The number of hydrogen-bond donors (Lipinski definition) is 0. The molecule has 3 rings (SSSR count). The van der Waals surface area contributed by atoms with Crippen molar-refractivity contribution in [3.8, 4) is 11.5 Å². The van der Waals surface area contributed by atoms with Crippen molar-refractivity contribution in [3.05, 3.63) is 54.1 Å². The number of ether oxygens (including phenoxy) is 2. The number of anilines is 1. The first-order valence-corrected chi connectivity index (χ1v) is 6.50. The zero-order chi connectivity index (χ0) is 13.2. The number of nitrogens with zero attached hydrogens (tertiary/aromatic N) is 1. The Morgan fingerprint density at radius 1 is 1.11 bits per heavy atom. The molecule has 1 atom stereocenters. The summed E-state index contributed by atoms with van der Waals surface area (Å²) >= 11 is 0. The van der Waals surface area contributed by atoms with Crippen LogP contribution in [0, 0.1) is 0 Å². The molecule has 0 amide bonds. The smallest absolute Gasteiger partial charge is 0.202 e. The highest BCUT2D eigenvalue weighted by atomic mass is 16.5. The van der Waals surface area contributed by atoms with E-state index in [1.54, 1.807) is 7.11 Å². The van der Waals surface area contributed by atoms with Gasteiger partial charge in [0.25, 0.3) is 0 Å². The summed E-state index contributed by atoms with van der Waals surface area (Å²) in [5.74, 6) is 1.79. The third kappa shape index (κ3) is 1.91. The van der Waals surface area contributed by atoms with E-state index >= 15 is 0 Å². The van der Waals surface area contributed by atoms with Gasteiger partial charge >= 0.3 is 0 Å². The largest absolute Gasteiger partial charge is 0.496 e. The number of fused-ring (bicyclic) bond motifs is 1. The second-order valence-electron chi connectivity index (χ2n) is 4.47. The lowest BCUT2D eigenvalue weighted by Crippen LogP contribution is -2.27. The first-order valence-electron chi connectivity index (χ1n) is 6.50. The van der Waals surface area contributed by atoms with Crippen LogP contribution in [0.4, 0.5) is 5.69 Å². The van der Waals surface area contributed by atoms with Gasteiger partial charge in [0.2, 0.25) is 6.23 Å². The van der Waals surface area contributed by atoms with E-state index in [1.807, 2.05) is 36.4 Å². The summed E-state index contributed by atoms with van der Waals surface area (Å²) in [7, 11) is 1.69. The van der Waals surface area contributed by atoms with Crippen molar-refractivity contribution in [1.82, 2.24) is 0 Å². The predicted octanol–water partition coefficient (Wildman–Crippen LogP) is 3.61. The van der Waals surface area contributed by atoms with Crippen molar-refractivity contribution < 1.29 is 9.47 Å². The minimum absolute atomic E-state index is 0.112. The summed E-state index contributed by atoms with van der Waals surface area (Å²) in [5, 5.41) is 0. The molecule has 0 radical (unpaired) electrons. The monoisotopic (exact) mass is 255 g/mol. The third-order valence-corrected chi connectivity index (χ3v) is 3.44. The van der Waals surface area contributed by atoms with Crippen molar-refractivity contribution in [2.24, 2.45) is 0 Å². The summed E-state index contributed by atoms with van der Waals surface area (Å²) in [6.45, 7) is 3.02. The second-order valence-corrected chi connectivity index (χ2v) is 4.47. The standard InChI is InChI=1S/C16H17NO2/c1-3-17-13-9-5-7-11-15(13)19-16(17)12-8-4-6-10-14(12)18-2/h4-11,16H,3H2,1-2H3. The molecule has 2 aromatic rings. The van der Waals surface area contributed by atoms with Gasteiger partial charge in [-0.25, -0.2) is 0 Å². The van der Waals surface area contributed by atoms with Crippen molar-refractivity contribution in [1.29, 1.82) is 0 Å². The Bertz CT molecular complexity index is 582. The molecule has 3 heteroatoms. The second kappa shape index (κ2) is 4.84. The maximum Gasteiger partial charge on any atom is 0.202 e. The van der Waals surface area contributed by atoms with E-state index in [2.05, 4.69) is 24.0 Å². The van der Waals surface area contributed by atoms with Gasteiger partial charge in [-0.1, -0.05) is 24.3 Å². The Hall–Kier alpha value is -2.16. The highest BCUT2D eigenvalue weighted by molar-refractivity contribution is 5.63. The number of benzene rings is 2. The van der Waals surface area contributed by atoms with Crippen LogP contribution in [0.2, 0.25) is 0 Å². The topological polar surface area (TPSA) is 21.7 Å². The van der Waals surface area contributed by atoms with Crippen LogP contribution in [0.1, 0.15) is 18.7 Å². The van der Waals surface area contributed by atoms with E-state index < -0.39 is 0 Å². The molecule has 19 heavy (non-hydrogen) atoms. The quantitative estimate of drug-likeness (QED) is 0.836. The van der Waals surface area contributed by atoms with Crippen LogP contribution in [0.15, 0.2) is 48.5 Å². The zero-order valence-electron chi connectivity index (χ0n) is 11.2. The highest BCUT2D eigenvalue weighted by Crippen LogP contribution is 2.44. The number of hydrogen-bond acceptors (Lipinski definition) is 3. The molecule has 0 aromatic heterocycles. The van der Waals surface area contributed by atoms with Crippen LogP contribution in [0.25, 0.3) is 0 Å². The van der Waals surface area contributed by atoms with Crippen molar-refractivity contribution in [3.63, 3.8) is 0 Å². The summed E-state index contributed by atoms with van der Waals surface area (Å²) < 4.78 is 11.5. The predicted molar refractivity (Wildman–Crippen MR) is 75.8 cm³/mol. The highest BCUT2D eigenvalue weighted by Gasteiger charge is 2.32. The maximum absolute atomic E-state index is 6.08. The minimum atomic E-state index is -0.112. The Morgan fingerprint density at radius 2 is 1.84 bits per heavy atom. The van der Waals surface area contributed by atoms with Crippen molar-refractivity contribution in [2.45, 2.75) is 13.2 Å². The van der Waals surface area contributed by atoms with Gasteiger partial charge in [0, 0.05) is 6.54 Å². The molecule has 98 valence electrons. The minimum Gasteiger partial charge on any atom is -0.496 e. The summed E-state index contributed by atoms with van der Waals surface area (Å²) in [5.41, 5.74) is 2.20. The van der Waals surface area contributed by atoms with Crippen molar-refractivity contribution >= 4 is 5.69 Å². The van der Waals surface area contributed by atoms with E-state index in [4.69, 9.17) is 9.47 Å².